The van der Waals surface area contributed by atoms with E-state index >= 15 is 0 Å². The van der Waals surface area contributed by atoms with Gasteiger partial charge in [-0.25, -0.2) is 0 Å². The van der Waals surface area contributed by atoms with Gasteiger partial charge in [-0.05, 0) is 76.3 Å². The fourth-order valence-electron chi connectivity index (χ4n) is 2.25. The van der Waals surface area contributed by atoms with Gasteiger partial charge in [-0.1, -0.05) is 5.16 Å². The Labute approximate surface area is 105 Å². The maximum atomic E-state index is 5.16. The highest BCUT2D eigenvalue weighted by Crippen LogP contribution is 2.26. The van der Waals surface area contributed by atoms with Crippen molar-refractivity contribution in [3.05, 3.63) is 33.4 Å². The van der Waals surface area contributed by atoms with Gasteiger partial charge in [0, 0.05) is 5.56 Å². The summed E-state index contributed by atoms with van der Waals surface area (Å²) in [6, 6.07) is 0. The van der Waals surface area contributed by atoms with Crippen LogP contribution in [0.2, 0.25) is 0 Å². The Morgan fingerprint density at radius 1 is 0.882 bits per heavy atom. The molecule has 2 heteroatoms. The quantitative estimate of drug-likeness (QED) is 0.571. The third-order valence-electron chi connectivity index (χ3n) is 3.69. The van der Waals surface area contributed by atoms with Crippen LogP contribution in [0.15, 0.2) is 5.16 Å². The molecule has 0 radical (unpaired) electrons. The normalized spacial score (nSPS) is 11.8. The van der Waals surface area contributed by atoms with E-state index in [4.69, 9.17) is 4.84 Å². The van der Waals surface area contributed by atoms with Crippen molar-refractivity contribution in [3.8, 4) is 0 Å². The van der Waals surface area contributed by atoms with Crippen LogP contribution < -0.4 is 0 Å². The van der Waals surface area contributed by atoms with Gasteiger partial charge in [-0.15, -0.1) is 0 Å². The van der Waals surface area contributed by atoms with Gasteiger partial charge in [0.25, 0.3) is 0 Å². The molecule has 0 saturated carbocycles. The van der Waals surface area contributed by atoms with Crippen LogP contribution in [0.5, 0.6) is 0 Å². The van der Waals surface area contributed by atoms with E-state index in [0.29, 0.717) is 6.61 Å². The Balaban J connectivity index is 3.44. The van der Waals surface area contributed by atoms with Gasteiger partial charge >= 0.3 is 0 Å². The van der Waals surface area contributed by atoms with Crippen molar-refractivity contribution < 1.29 is 4.84 Å². The van der Waals surface area contributed by atoms with E-state index in [2.05, 4.69) is 39.8 Å². The van der Waals surface area contributed by atoms with Crippen molar-refractivity contribution in [2.45, 2.75) is 48.5 Å². The van der Waals surface area contributed by atoms with Crippen molar-refractivity contribution in [2.24, 2.45) is 5.16 Å². The third kappa shape index (κ3) is 2.51. The molecule has 1 rings (SSSR count). The Bertz CT molecular complexity index is 429. The molecule has 0 unspecified atom stereocenters. The van der Waals surface area contributed by atoms with E-state index in [0.717, 1.165) is 5.71 Å². The lowest BCUT2D eigenvalue weighted by molar-refractivity contribution is 0.159. The van der Waals surface area contributed by atoms with E-state index in [1.165, 1.54) is 33.4 Å². The van der Waals surface area contributed by atoms with Crippen LogP contribution in [0.25, 0.3) is 0 Å². The van der Waals surface area contributed by atoms with Crippen LogP contribution in [-0.4, -0.2) is 12.3 Å². The van der Waals surface area contributed by atoms with E-state index in [9.17, 15) is 0 Å². The van der Waals surface area contributed by atoms with Gasteiger partial charge < -0.3 is 4.84 Å². The molecule has 94 valence electrons. The van der Waals surface area contributed by atoms with Crippen LogP contribution in [0, 0.1) is 34.6 Å². The van der Waals surface area contributed by atoms with Crippen molar-refractivity contribution in [3.63, 3.8) is 0 Å². The first kappa shape index (κ1) is 13.8. The number of rotatable bonds is 3. The minimum Gasteiger partial charge on any atom is -0.396 e. The monoisotopic (exact) mass is 233 g/mol. The second kappa shape index (κ2) is 5.35. The molecule has 1 aromatic rings. The third-order valence-corrected chi connectivity index (χ3v) is 3.69. The van der Waals surface area contributed by atoms with Crippen molar-refractivity contribution in [2.75, 3.05) is 6.61 Å². The minimum atomic E-state index is 0.610. The molecule has 2 nitrogen and oxygen atoms in total. The summed E-state index contributed by atoms with van der Waals surface area (Å²) in [4.78, 5) is 5.16. The number of oxime groups is 1. The zero-order valence-corrected chi connectivity index (χ0v) is 12.1. The SMILES string of the molecule is CCON=C(C)c1c(C)c(C)c(C)c(C)c1C. The highest BCUT2D eigenvalue weighted by atomic mass is 16.6. The molecule has 0 spiro atoms. The first-order valence-electron chi connectivity index (χ1n) is 6.15. The lowest BCUT2D eigenvalue weighted by atomic mass is 9.88. The number of hydrogen-bond acceptors (Lipinski definition) is 2. The van der Waals surface area contributed by atoms with E-state index in [1.54, 1.807) is 0 Å². The molecule has 0 aliphatic heterocycles. The summed E-state index contributed by atoms with van der Waals surface area (Å²) in [6.07, 6.45) is 0. The first-order chi connectivity index (χ1) is 7.91. The van der Waals surface area contributed by atoms with Crippen molar-refractivity contribution >= 4 is 5.71 Å². The van der Waals surface area contributed by atoms with Crippen LogP contribution >= 0.6 is 0 Å². The van der Waals surface area contributed by atoms with E-state index in [-0.39, 0.29) is 0 Å². The lowest BCUT2D eigenvalue weighted by Crippen LogP contribution is -2.08. The average Bonchev–Trinajstić information content (AvgIpc) is 2.31. The predicted octanol–water partition coefficient (Wildman–Crippen LogP) is 3.99. The molecule has 0 aromatic heterocycles. The zero-order chi connectivity index (χ0) is 13.2. The minimum absolute atomic E-state index is 0.610. The number of benzene rings is 1. The fourth-order valence-corrected chi connectivity index (χ4v) is 2.25. The van der Waals surface area contributed by atoms with Gasteiger partial charge in [-0.2, -0.15) is 0 Å². The summed E-state index contributed by atoms with van der Waals surface area (Å²) in [5.74, 6) is 0. The molecule has 0 fully saturated rings. The topological polar surface area (TPSA) is 21.6 Å². The summed E-state index contributed by atoms with van der Waals surface area (Å²) in [5.41, 5.74) is 8.92. The summed E-state index contributed by atoms with van der Waals surface area (Å²) < 4.78 is 0. The van der Waals surface area contributed by atoms with E-state index < -0.39 is 0 Å². The van der Waals surface area contributed by atoms with Crippen molar-refractivity contribution in [1.29, 1.82) is 0 Å². The fraction of sp³-hybridized carbons (Fsp3) is 0.533. The van der Waals surface area contributed by atoms with Gasteiger partial charge in [0.05, 0.1) is 5.71 Å². The maximum Gasteiger partial charge on any atom is 0.114 e. The standard InChI is InChI=1S/C15H23NO/c1-8-17-16-14(7)15-12(5)10(3)9(2)11(4)13(15)6/h8H2,1-7H3. The summed E-state index contributed by atoms with van der Waals surface area (Å²) >= 11 is 0. The molecular formula is C15H23NO. The molecule has 0 atom stereocenters. The summed E-state index contributed by atoms with van der Waals surface area (Å²) in [5, 5.41) is 4.16. The van der Waals surface area contributed by atoms with Gasteiger partial charge in [-0.3, -0.25) is 0 Å². The molecule has 0 aliphatic rings. The lowest BCUT2D eigenvalue weighted by Gasteiger charge is -2.18. The van der Waals surface area contributed by atoms with Crippen LogP contribution in [0.4, 0.5) is 0 Å². The molecule has 0 heterocycles. The van der Waals surface area contributed by atoms with Crippen LogP contribution in [0.1, 0.15) is 47.2 Å². The zero-order valence-electron chi connectivity index (χ0n) is 12.1. The van der Waals surface area contributed by atoms with Gasteiger partial charge in [0.1, 0.15) is 6.61 Å². The Kier molecular flexibility index (Phi) is 4.33. The Morgan fingerprint density at radius 3 is 1.71 bits per heavy atom. The predicted molar refractivity (Wildman–Crippen MR) is 74.0 cm³/mol. The molecule has 0 amide bonds. The smallest absolute Gasteiger partial charge is 0.114 e. The summed E-state index contributed by atoms with van der Waals surface area (Å²) in [6.45, 7) is 15.4. The molecule has 1 aromatic carbocycles. The molecule has 0 saturated heterocycles. The molecule has 0 N–H and O–H groups in total. The summed E-state index contributed by atoms with van der Waals surface area (Å²) in [7, 11) is 0. The molecular weight excluding hydrogens is 210 g/mol. The van der Waals surface area contributed by atoms with Gasteiger partial charge in [0.2, 0.25) is 0 Å². The maximum absolute atomic E-state index is 5.16. The molecule has 0 aliphatic carbocycles. The van der Waals surface area contributed by atoms with E-state index in [1.807, 2.05) is 13.8 Å². The molecule has 17 heavy (non-hydrogen) atoms. The van der Waals surface area contributed by atoms with Crippen molar-refractivity contribution in [1.82, 2.24) is 0 Å². The first-order valence-corrected chi connectivity index (χ1v) is 6.15. The average molecular weight is 233 g/mol. The molecule has 0 bridgehead atoms. The Morgan fingerprint density at radius 2 is 1.29 bits per heavy atom. The highest BCUT2D eigenvalue weighted by Gasteiger charge is 2.14. The number of hydrogen-bond donors (Lipinski definition) is 0. The second-order valence-electron chi connectivity index (χ2n) is 4.59. The Hall–Kier alpha value is -1.31. The van der Waals surface area contributed by atoms with Crippen LogP contribution in [0.3, 0.4) is 0 Å². The largest absolute Gasteiger partial charge is 0.396 e. The highest BCUT2D eigenvalue weighted by molar-refractivity contribution is 6.01. The second-order valence-corrected chi connectivity index (χ2v) is 4.59. The number of nitrogens with zero attached hydrogens (tertiary/aromatic N) is 1. The van der Waals surface area contributed by atoms with Crippen LogP contribution in [-0.2, 0) is 4.84 Å². The van der Waals surface area contributed by atoms with Gasteiger partial charge in [0.15, 0.2) is 0 Å².